The molecule has 1 heterocycles. The zero-order valence-corrected chi connectivity index (χ0v) is 10.6. The molecule has 0 fully saturated rings. The van der Waals surface area contributed by atoms with Crippen LogP contribution in [0.2, 0.25) is 0 Å². The third-order valence-corrected chi connectivity index (χ3v) is 3.12. The van der Waals surface area contributed by atoms with Gasteiger partial charge in [-0.1, -0.05) is 11.6 Å². The molecule has 16 heavy (non-hydrogen) atoms. The lowest BCUT2D eigenvalue weighted by molar-refractivity contribution is 0.521. The van der Waals surface area contributed by atoms with Crippen molar-refractivity contribution in [3.05, 3.63) is 35.6 Å². The summed E-state index contributed by atoms with van der Waals surface area (Å²) in [5.41, 5.74) is 2.25. The number of nitrogens with one attached hydrogen (secondary N) is 1. The van der Waals surface area contributed by atoms with Crippen molar-refractivity contribution < 1.29 is 4.42 Å². The van der Waals surface area contributed by atoms with Crippen molar-refractivity contribution in [2.45, 2.75) is 13.5 Å². The van der Waals surface area contributed by atoms with Crippen molar-refractivity contribution in [2.24, 2.45) is 0 Å². The molecule has 0 aliphatic heterocycles. The number of rotatable bonds is 5. The van der Waals surface area contributed by atoms with Crippen molar-refractivity contribution in [1.82, 2.24) is 5.32 Å². The Hall–Kier alpha value is -0.930. The number of aryl methyl sites for hydroxylation is 1. The molecule has 0 saturated carbocycles. The highest BCUT2D eigenvalue weighted by Gasteiger charge is 2.02. The molecule has 2 rings (SSSR count). The van der Waals surface area contributed by atoms with E-state index < -0.39 is 0 Å². The van der Waals surface area contributed by atoms with E-state index in [1.54, 1.807) is 0 Å². The molecular weight excluding hydrogens is 218 g/mol. The van der Waals surface area contributed by atoms with Gasteiger partial charge in [0.1, 0.15) is 11.3 Å². The fourth-order valence-corrected chi connectivity index (χ4v) is 2.04. The van der Waals surface area contributed by atoms with Gasteiger partial charge in [-0.05, 0) is 31.4 Å². The largest absolute Gasteiger partial charge is 0.460 e. The molecule has 1 N–H and O–H groups in total. The molecule has 0 amide bonds. The van der Waals surface area contributed by atoms with Gasteiger partial charge in [0.15, 0.2) is 0 Å². The first kappa shape index (κ1) is 11.6. The van der Waals surface area contributed by atoms with E-state index in [0.29, 0.717) is 0 Å². The van der Waals surface area contributed by atoms with Gasteiger partial charge in [0, 0.05) is 17.7 Å². The van der Waals surface area contributed by atoms with Crippen LogP contribution in [-0.2, 0) is 6.54 Å². The molecule has 3 heteroatoms. The van der Waals surface area contributed by atoms with E-state index in [1.807, 2.05) is 17.8 Å². The van der Waals surface area contributed by atoms with Crippen LogP contribution in [-0.4, -0.2) is 18.6 Å². The maximum atomic E-state index is 5.73. The van der Waals surface area contributed by atoms with Crippen molar-refractivity contribution in [3.8, 4) is 0 Å². The zero-order chi connectivity index (χ0) is 11.4. The van der Waals surface area contributed by atoms with Crippen LogP contribution >= 0.6 is 11.8 Å². The van der Waals surface area contributed by atoms with E-state index in [1.165, 1.54) is 10.9 Å². The van der Waals surface area contributed by atoms with Crippen LogP contribution in [0.5, 0.6) is 0 Å². The molecule has 86 valence electrons. The Bertz CT molecular complexity index is 464. The van der Waals surface area contributed by atoms with Crippen LogP contribution in [0, 0.1) is 6.92 Å². The quantitative estimate of drug-likeness (QED) is 0.806. The summed E-state index contributed by atoms with van der Waals surface area (Å²) in [6, 6.07) is 8.39. The van der Waals surface area contributed by atoms with Crippen molar-refractivity contribution >= 4 is 22.7 Å². The van der Waals surface area contributed by atoms with Crippen LogP contribution in [0.25, 0.3) is 11.0 Å². The zero-order valence-electron chi connectivity index (χ0n) is 9.75. The van der Waals surface area contributed by atoms with Crippen molar-refractivity contribution in [2.75, 3.05) is 18.6 Å². The summed E-state index contributed by atoms with van der Waals surface area (Å²) in [6.07, 6.45) is 2.12. The highest BCUT2D eigenvalue weighted by Crippen LogP contribution is 2.20. The highest BCUT2D eigenvalue weighted by molar-refractivity contribution is 7.98. The van der Waals surface area contributed by atoms with E-state index in [4.69, 9.17) is 4.42 Å². The normalized spacial score (nSPS) is 11.1. The summed E-state index contributed by atoms with van der Waals surface area (Å²) < 4.78 is 5.73. The van der Waals surface area contributed by atoms with Gasteiger partial charge in [0.25, 0.3) is 0 Å². The maximum absolute atomic E-state index is 5.73. The molecule has 2 aromatic rings. The van der Waals surface area contributed by atoms with Gasteiger partial charge in [-0.25, -0.2) is 0 Å². The Kier molecular flexibility index (Phi) is 3.91. The topological polar surface area (TPSA) is 25.2 Å². The molecule has 0 saturated heterocycles. The van der Waals surface area contributed by atoms with Gasteiger partial charge >= 0.3 is 0 Å². The lowest BCUT2D eigenvalue weighted by atomic mass is 10.2. The second-order valence-electron chi connectivity index (χ2n) is 3.92. The van der Waals surface area contributed by atoms with Crippen LogP contribution < -0.4 is 5.32 Å². The molecule has 0 radical (unpaired) electrons. The second kappa shape index (κ2) is 5.41. The summed E-state index contributed by atoms with van der Waals surface area (Å²) in [5, 5.41) is 4.56. The number of hydrogen-bond acceptors (Lipinski definition) is 3. The number of hydrogen-bond donors (Lipinski definition) is 1. The number of benzene rings is 1. The molecule has 0 unspecified atom stereocenters. The minimum atomic E-state index is 0.814. The predicted molar refractivity (Wildman–Crippen MR) is 71.0 cm³/mol. The summed E-state index contributed by atoms with van der Waals surface area (Å²) in [4.78, 5) is 0. The fourth-order valence-electron chi connectivity index (χ4n) is 1.69. The summed E-state index contributed by atoms with van der Waals surface area (Å²) in [5.74, 6) is 2.15. The molecule has 0 bridgehead atoms. The number of furan rings is 1. The van der Waals surface area contributed by atoms with Gasteiger partial charge in [-0.2, -0.15) is 11.8 Å². The smallest absolute Gasteiger partial charge is 0.134 e. The molecular formula is C13H17NOS. The molecule has 0 spiro atoms. The van der Waals surface area contributed by atoms with E-state index in [-0.39, 0.29) is 0 Å². The molecule has 1 aromatic carbocycles. The lowest BCUT2D eigenvalue weighted by Gasteiger charge is -1.99. The summed E-state index contributed by atoms with van der Waals surface area (Å²) in [6.45, 7) is 3.94. The Balaban J connectivity index is 2.02. The van der Waals surface area contributed by atoms with Crippen LogP contribution in [0.4, 0.5) is 0 Å². The van der Waals surface area contributed by atoms with Crippen molar-refractivity contribution in [3.63, 3.8) is 0 Å². The fraction of sp³-hybridized carbons (Fsp3) is 0.385. The van der Waals surface area contributed by atoms with Crippen LogP contribution in [0.3, 0.4) is 0 Å². The van der Waals surface area contributed by atoms with Crippen molar-refractivity contribution in [1.29, 1.82) is 0 Å². The molecule has 2 nitrogen and oxygen atoms in total. The standard InChI is InChI=1S/C13H17NOS/c1-10-3-4-13-11(7-10)8-12(15-13)9-14-5-6-16-2/h3-4,7-8,14H,5-6,9H2,1-2H3. The Morgan fingerprint density at radius 3 is 3.00 bits per heavy atom. The Morgan fingerprint density at radius 2 is 2.19 bits per heavy atom. The lowest BCUT2D eigenvalue weighted by Crippen LogP contribution is -2.15. The summed E-state index contributed by atoms with van der Waals surface area (Å²) in [7, 11) is 0. The van der Waals surface area contributed by atoms with E-state index in [0.717, 1.165) is 30.2 Å². The average Bonchev–Trinajstić information content (AvgIpc) is 2.66. The molecule has 0 aliphatic carbocycles. The Labute approximate surface area is 100 Å². The number of fused-ring (bicyclic) bond motifs is 1. The van der Waals surface area contributed by atoms with Crippen LogP contribution in [0.15, 0.2) is 28.7 Å². The molecule has 1 aromatic heterocycles. The summed E-state index contributed by atoms with van der Waals surface area (Å²) >= 11 is 1.85. The first-order chi connectivity index (χ1) is 7.79. The molecule has 0 aliphatic rings. The van der Waals surface area contributed by atoms with Gasteiger partial charge in [-0.15, -0.1) is 0 Å². The van der Waals surface area contributed by atoms with E-state index in [2.05, 4.69) is 36.7 Å². The SMILES string of the molecule is CSCCNCc1cc2cc(C)ccc2o1. The van der Waals surface area contributed by atoms with Crippen LogP contribution in [0.1, 0.15) is 11.3 Å². The highest BCUT2D eigenvalue weighted by atomic mass is 32.2. The minimum Gasteiger partial charge on any atom is -0.460 e. The first-order valence-corrected chi connectivity index (χ1v) is 6.88. The van der Waals surface area contributed by atoms with Gasteiger partial charge in [-0.3, -0.25) is 0 Å². The average molecular weight is 235 g/mol. The van der Waals surface area contributed by atoms with Gasteiger partial charge in [0.05, 0.1) is 6.54 Å². The third kappa shape index (κ3) is 2.80. The third-order valence-electron chi connectivity index (χ3n) is 2.51. The Morgan fingerprint density at radius 1 is 1.31 bits per heavy atom. The molecule has 0 atom stereocenters. The first-order valence-electron chi connectivity index (χ1n) is 5.48. The minimum absolute atomic E-state index is 0.814. The van der Waals surface area contributed by atoms with E-state index >= 15 is 0 Å². The van der Waals surface area contributed by atoms with E-state index in [9.17, 15) is 0 Å². The van der Waals surface area contributed by atoms with Gasteiger partial charge in [0.2, 0.25) is 0 Å². The maximum Gasteiger partial charge on any atom is 0.134 e. The monoisotopic (exact) mass is 235 g/mol. The predicted octanol–water partition coefficient (Wildman–Crippen LogP) is 3.19. The number of thioether (sulfide) groups is 1. The second-order valence-corrected chi connectivity index (χ2v) is 4.91. The van der Waals surface area contributed by atoms with Gasteiger partial charge < -0.3 is 9.73 Å².